The molecule has 0 heterocycles. The van der Waals surface area contributed by atoms with Crippen molar-refractivity contribution >= 4 is 5.97 Å². The Morgan fingerprint density at radius 3 is 2.64 bits per heavy atom. The molecule has 0 aliphatic heterocycles. The van der Waals surface area contributed by atoms with Gasteiger partial charge in [-0.15, -0.1) is 0 Å². The Balaban J connectivity index is 3.07. The van der Waals surface area contributed by atoms with E-state index in [1.807, 2.05) is 32.0 Å². The highest BCUT2D eigenvalue weighted by Crippen LogP contribution is 2.19. The largest absolute Gasteiger partial charge is 0.468 e. The average molecular weight is 193 g/mol. The van der Waals surface area contributed by atoms with Crippen LogP contribution in [0.5, 0.6) is 0 Å². The molecule has 0 radical (unpaired) electrons. The number of carbonyl (C=O) groups is 1. The molecule has 0 saturated carbocycles. The third kappa shape index (κ3) is 1.93. The zero-order valence-corrected chi connectivity index (χ0v) is 8.70. The zero-order valence-electron chi connectivity index (χ0n) is 8.70. The van der Waals surface area contributed by atoms with E-state index in [-0.39, 0.29) is 0 Å². The third-order valence-electron chi connectivity index (χ3n) is 2.44. The zero-order chi connectivity index (χ0) is 10.7. The number of hydrogen-bond acceptors (Lipinski definition) is 3. The van der Waals surface area contributed by atoms with Crippen LogP contribution in [0.1, 0.15) is 22.7 Å². The van der Waals surface area contributed by atoms with Crippen molar-refractivity contribution in [2.45, 2.75) is 19.9 Å². The lowest BCUT2D eigenvalue weighted by molar-refractivity contribution is -0.142. The SMILES string of the molecule is COC(=O)C(N)c1cccc(C)c1C. The predicted octanol–water partition coefficient (Wildman–Crippen LogP) is 1.48. The van der Waals surface area contributed by atoms with Crippen LogP contribution in [0.4, 0.5) is 0 Å². The monoisotopic (exact) mass is 193 g/mol. The van der Waals surface area contributed by atoms with E-state index in [0.29, 0.717) is 0 Å². The molecule has 3 nitrogen and oxygen atoms in total. The fourth-order valence-electron chi connectivity index (χ4n) is 1.36. The first-order valence-corrected chi connectivity index (χ1v) is 4.47. The summed E-state index contributed by atoms with van der Waals surface area (Å²) in [4.78, 5) is 11.2. The molecule has 1 atom stereocenters. The molecule has 0 aliphatic carbocycles. The van der Waals surface area contributed by atoms with Gasteiger partial charge in [0.05, 0.1) is 7.11 Å². The van der Waals surface area contributed by atoms with Gasteiger partial charge in [0.1, 0.15) is 6.04 Å². The highest BCUT2D eigenvalue weighted by Gasteiger charge is 2.18. The molecule has 2 N–H and O–H groups in total. The van der Waals surface area contributed by atoms with Crippen LogP contribution in [0, 0.1) is 13.8 Å². The maximum absolute atomic E-state index is 11.2. The van der Waals surface area contributed by atoms with Crippen LogP contribution in [0.15, 0.2) is 18.2 Å². The first kappa shape index (κ1) is 10.7. The summed E-state index contributed by atoms with van der Waals surface area (Å²) in [6, 6.07) is 5.05. The van der Waals surface area contributed by atoms with Crippen molar-refractivity contribution in [1.82, 2.24) is 0 Å². The van der Waals surface area contributed by atoms with Crippen LogP contribution >= 0.6 is 0 Å². The average Bonchev–Trinajstić information content (AvgIpc) is 2.20. The van der Waals surface area contributed by atoms with E-state index >= 15 is 0 Å². The van der Waals surface area contributed by atoms with Gasteiger partial charge in [0.2, 0.25) is 0 Å². The van der Waals surface area contributed by atoms with E-state index in [1.54, 1.807) is 0 Å². The van der Waals surface area contributed by atoms with Crippen LogP contribution in [0.25, 0.3) is 0 Å². The molecule has 1 aromatic rings. The van der Waals surface area contributed by atoms with Gasteiger partial charge in [-0.2, -0.15) is 0 Å². The fraction of sp³-hybridized carbons (Fsp3) is 0.364. The van der Waals surface area contributed by atoms with E-state index < -0.39 is 12.0 Å². The summed E-state index contributed by atoms with van der Waals surface area (Å²) in [5.41, 5.74) is 8.75. The van der Waals surface area contributed by atoms with Gasteiger partial charge in [-0.1, -0.05) is 18.2 Å². The standard InChI is InChI=1S/C11H15NO2/c1-7-5-4-6-9(8(7)2)10(12)11(13)14-3/h4-6,10H,12H2,1-3H3. The predicted molar refractivity (Wildman–Crippen MR) is 54.9 cm³/mol. The van der Waals surface area contributed by atoms with Gasteiger partial charge in [0, 0.05) is 0 Å². The lowest BCUT2D eigenvalue weighted by Gasteiger charge is -2.13. The Labute approximate surface area is 83.9 Å². The minimum Gasteiger partial charge on any atom is -0.468 e. The topological polar surface area (TPSA) is 52.3 Å². The first-order valence-electron chi connectivity index (χ1n) is 4.47. The van der Waals surface area contributed by atoms with Crippen molar-refractivity contribution < 1.29 is 9.53 Å². The van der Waals surface area contributed by atoms with E-state index in [0.717, 1.165) is 16.7 Å². The molecule has 0 spiro atoms. The Kier molecular flexibility index (Phi) is 3.25. The summed E-state index contributed by atoms with van der Waals surface area (Å²) < 4.78 is 4.60. The molecule has 0 fully saturated rings. The Bertz CT molecular complexity index is 347. The number of benzene rings is 1. The smallest absolute Gasteiger partial charge is 0.327 e. The van der Waals surface area contributed by atoms with Gasteiger partial charge in [-0.25, -0.2) is 0 Å². The first-order chi connectivity index (χ1) is 6.57. The lowest BCUT2D eigenvalue weighted by atomic mass is 9.98. The molecular formula is C11H15NO2. The molecule has 14 heavy (non-hydrogen) atoms. The van der Waals surface area contributed by atoms with Crippen molar-refractivity contribution in [2.24, 2.45) is 5.73 Å². The molecule has 0 saturated heterocycles. The molecule has 0 amide bonds. The van der Waals surface area contributed by atoms with E-state index in [9.17, 15) is 4.79 Å². The summed E-state index contributed by atoms with van der Waals surface area (Å²) in [5, 5.41) is 0. The Morgan fingerprint density at radius 2 is 2.07 bits per heavy atom. The van der Waals surface area contributed by atoms with Gasteiger partial charge in [0.15, 0.2) is 0 Å². The lowest BCUT2D eigenvalue weighted by Crippen LogP contribution is -2.23. The quantitative estimate of drug-likeness (QED) is 0.724. The van der Waals surface area contributed by atoms with Crippen molar-refractivity contribution in [3.8, 4) is 0 Å². The van der Waals surface area contributed by atoms with Gasteiger partial charge >= 0.3 is 5.97 Å². The molecule has 76 valence electrons. The third-order valence-corrected chi connectivity index (χ3v) is 2.44. The summed E-state index contributed by atoms with van der Waals surface area (Å²) in [7, 11) is 1.34. The van der Waals surface area contributed by atoms with Crippen LogP contribution in [0.2, 0.25) is 0 Å². The van der Waals surface area contributed by atoms with Gasteiger partial charge in [-0.3, -0.25) is 4.79 Å². The number of esters is 1. The molecular weight excluding hydrogens is 178 g/mol. The fourth-order valence-corrected chi connectivity index (χ4v) is 1.36. The second kappa shape index (κ2) is 4.24. The molecule has 0 aliphatic rings. The summed E-state index contributed by atoms with van der Waals surface area (Å²) >= 11 is 0. The van der Waals surface area contributed by atoms with Crippen molar-refractivity contribution in [3.05, 3.63) is 34.9 Å². The number of carbonyl (C=O) groups excluding carboxylic acids is 1. The molecule has 1 rings (SSSR count). The highest BCUT2D eigenvalue weighted by atomic mass is 16.5. The summed E-state index contributed by atoms with van der Waals surface area (Å²) in [6.07, 6.45) is 0. The minimum absolute atomic E-state index is 0.404. The van der Waals surface area contributed by atoms with E-state index in [2.05, 4.69) is 4.74 Å². The molecule has 0 bridgehead atoms. The Hall–Kier alpha value is -1.35. The number of ether oxygens (including phenoxy) is 1. The normalized spacial score (nSPS) is 12.3. The number of methoxy groups -OCH3 is 1. The van der Waals surface area contributed by atoms with Gasteiger partial charge in [-0.05, 0) is 30.5 Å². The van der Waals surface area contributed by atoms with E-state index in [4.69, 9.17) is 5.73 Å². The van der Waals surface area contributed by atoms with Crippen LogP contribution in [-0.4, -0.2) is 13.1 Å². The maximum Gasteiger partial charge on any atom is 0.327 e. The highest BCUT2D eigenvalue weighted by molar-refractivity contribution is 5.77. The van der Waals surface area contributed by atoms with Crippen molar-refractivity contribution in [1.29, 1.82) is 0 Å². The maximum atomic E-state index is 11.2. The second-order valence-corrected chi connectivity index (χ2v) is 3.29. The summed E-state index contributed by atoms with van der Waals surface area (Å²) in [5.74, 6) is -0.404. The molecule has 0 aromatic heterocycles. The van der Waals surface area contributed by atoms with Gasteiger partial charge < -0.3 is 10.5 Å². The Morgan fingerprint density at radius 1 is 1.43 bits per heavy atom. The van der Waals surface area contributed by atoms with Crippen LogP contribution in [-0.2, 0) is 9.53 Å². The van der Waals surface area contributed by atoms with Crippen molar-refractivity contribution in [2.75, 3.05) is 7.11 Å². The molecule has 1 unspecified atom stereocenters. The number of aryl methyl sites for hydroxylation is 1. The molecule has 1 aromatic carbocycles. The minimum atomic E-state index is -0.681. The van der Waals surface area contributed by atoms with Gasteiger partial charge in [0.25, 0.3) is 0 Å². The van der Waals surface area contributed by atoms with Crippen LogP contribution in [0.3, 0.4) is 0 Å². The number of nitrogens with two attached hydrogens (primary N) is 1. The van der Waals surface area contributed by atoms with E-state index in [1.165, 1.54) is 7.11 Å². The summed E-state index contributed by atoms with van der Waals surface area (Å²) in [6.45, 7) is 3.94. The van der Waals surface area contributed by atoms with Crippen molar-refractivity contribution in [3.63, 3.8) is 0 Å². The molecule has 3 heteroatoms. The second-order valence-electron chi connectivity index (χ2n) is 3.29. The number of rotatable bonds is 2. The number of hydrogen-bond donors (Lipinski definition) is 1. The van der Waals surface area contributed by atoms with Crippen LogP contribution < -0.4 is 5.73 Å².